The first kappa shape index (κ1) is 21.0. The van der Waals surface area contributed by atoms with E-state index in [1.165, 1.54) is 0 Å². The highest BCUT2D eigenvalue weighted by Gasteiger charge is 2.63. The second kappa shape index (κ2) is 6.12. The molecule has 3 aliphatic rings. The highest BCUT2D eigenvalue weighted by atomic mass is 28.4. The molecule has 6 nitrogen and oxygen atoms in total. The summed E-state index contributed by atoms with van der Waals surface area (Å²) in [5.74, 6) is 0.122. The fourth-order valence-electron chi connectivity index (χ4n) is 3.76. The Balaban J connectivity index is 2.09. The maximum absolute atomic E-state index is 13.1. The van der Waals surface area contributed by atoms with Crippen LogP contribution in [-0.4, -0.2) is 49.1 Å². The van der Waals surface area contributed by atoms with Gasteiger partial charge in [0.2, 0.25) is 8.32 Å². The fourth-order valence-corrected chi connectivity index (χ4v) is 4.91. The Hall–Kier alpha value is -1.76. The van der Waals surface area contributed by atoms with Crippen molar-refractivity contribution in [3.05, 3.63) is 23.5 Å². The smallest absolute Gasteiger partial charge is 0.411 e. The van der Waals surface area contributed by atoms with Gasteiger partial charge in [-0.3, -0.25) is 4.90 Å². The summed E-state index contributed by atoms with van der Waals surface area (Å²) in [5.41, 5.74) is -1.10. The first-order valence-electron chi connectivity index (χ1n) is 9.93. The van der Waals surface area contributed by atoms with Crippen LogP contribution >= 0.6 is 0 Å². The Labute approximate surface area is 169 Å². The van der Waals surface area contributed by atoms with Crippen molar-refractivity contribution in [2.75, 3.05) is 6.61 Å². The Morgan fingerprint density at radius 2 is 1.86 bits per heavy atom. The number of esters is 1. The van der Waals surface area contributed by atoms with Gasteiger partial charge < -0.3 is 13.9 Å². The van der Waals surface area contributed by atoms with E-state index in [0.29, 0.717) is 11.3 Å². The lowest BCUT2D eigenvalue weighted by Crippen LogP contribution is -2.60. The highest BCUT2D eigenvalue weighted by Crippen LogP contribution is 2.51. The van der Waals surface area contributed by atoms with Gasteiger partial charge in [0.1, 0.15) is 23.3 Å². The minimum absolute atomic E-state index is 0.00920. The van der Waals surface area contributed by atoms with Crippen LogP contribution in [0.3, 0.4) is 0 Å². The molecule has 1 spiro atoms. The molecule has 3 aliphatic heterocycles. The quantitative estimate of drug-likeness (QED) is 0.386. The summed E-state index contributed by atoms with van der Waals surface area (Å²) in [6, 6.07) is -0.229. The van der Waals surface area contributed by atoms with Crippen LogP contribution in [0.2, 0.25) is 18.1 Å². The summed E-state index contributed by atoms with van der Waals surface area (Å²) < 4.78 is 17.8. The fraction of sp³-hybridized carbons (Fsp3) is 0.714. The monoisotopic (exact) mass is 407 g/mol. The predicted molar refractivity (Wildman–Crippen MR) is 109 cm³/mol. The lowest BCUT2D eigenvalue weighted by atomic mass is 9.83. The van der Waals surface area contributed by atoms with Gasteiger partial charge in [0, 0.05) is 5.92 Å². The number of rotatable bonds is 2. The molecule has 0 aromatic rings. The number of nitrogens with zero attached hydrogens (tertiary/aromatic N) is 1. The molecule has 2 bridgehead atoms. The molecule has 0 aliphatic carbocycles. The molecule has 3 heterocycles. The number of carbonyl (C=O) groups excluding carboxylic acids is 2. The zero-order valence-corrected chi connectivity index (χ0v) is 19.5. The van der Waals surface area contributed by atoms with Gasteiger partial charge in [-0.05, 0) is 38.9 Å². The standard InChI is InChI=1S/C21H33NO5Si/c1-13-14-10-11-21(22(14)18(24)26-19(2,3)4)12-25-17(23)15(21)16(13)27-28(8,9)20(5,6)7/h10-11,13-14H,12H2,1-9H3/t13-,14-,21-/m0/s1. The summed E-state index contributed by atoms with van der Waals surface area (Å²) in [6.07, 6.45) is 3.47. The molecule has 0 aromatic carbocycles. The molecule has 1 saturated heterocycles. The van der Waals surface area contributed by atoms with Crippen molar-refractivity contribution in [3.63, 3.8) is 0 Å². The van der Waals surface area contributed by atoms with E-state index in [0.717, 1.165) is 0 Å². The third kappa shape index (κ3) is 3.08. The van der Waals surface area contributed by atoms with Crippen LogP contribution < -0.4 is 0 Å². The van der Waals surface area contributed by atoms with E-state index < -0.39 is 31.5 Å². The zero-order chi connectivity index (χ0) is 21.3. The number of amides is 1. The molecule has 0 radical (unpaired) electrons. The summed E-state index contributed by atoms with van der Waals surface area (Å²) >= 11 is 0. The van der Waals surface area contributed by atoms with Crippen molar-refractivity contribution in [2.45, 2.75) is 83.8 Å². The Kier molecular flexibility index (Phi) is 4.58. The van der Waals surface area contributed by atoms with Crippen LogP contribution in [0.15, 0.2) is 23.5 Å². The van der Waals surface area contributed by atoms with E-state index in [-0.39, 0.29) is 23.6 Å². The van der Waals surface area contributed by atoms with Crippen LogP contribution in [0.4, 0.5) is 4.79 Å². The summed E-state index contributed by atoms with van der Waals surface area (Å²) in [4.78, 5) is 27.5. The first-order valence-corrected chi connectivity index (χ1v) is 12.8. The van der Waals surface area contributed by atoms with E-state index in [1.807, 2.05) is 39.8 Å². The van der Waals surface area contributed by atoms with Crippen molar-refractivity contribution < 1.29 is 23.5 Å². The van der Waals surface area contributed by atoms with Crippen LogP contribution in [0, 0.1) is 5.92 Å². The van der Waals surface area contributed by atoms with E-state index in [9.17, 15) is 9.59 Å². The zero-order valence-electron chi connectivity index (χ0n) is 18.5. The molecule has 7 heteroatoms. The summed E-state index contributed by atoms with van der Waals surface area (Å²) in [7, 11) is -2.17. The van der Waals surface area contributed by atoms with Crippen LogP contribution in [0.25, 0.3) is 0 Å². The van der Waals surface area contributed by atoms with Crippen molar-refractivity contribution in [2.24, 2.45) is 5.92 Å². The van der Waals surface area contributed by atoms with Gasteiger partial charge in [0.15, 0.2) is 0 Å². The molecule has 3 atom stereocenters. The molecule has 3 rings (SSSR count). The Morgan fingerprint density at radius 3 is 2.39 bits per heavy atom. The van der Waals surface area contributed by atoms with Crippen molar-refractivity contribution >= 4 is 20.4 Å². The lowest BCUT2D eigenvalue weighted by molar-refractivity contribution is -0.135. The average molecular weight is 408 g/mol. The van der Waals surface area contributed by atoms with Crippen molar-refractivity contribution in [3.8, 4) is 0 Å². The molecule has 0 N–H and O–H groups in total. The van der Waals surface area contributed by atoms with Gasteiger partial charge in [0.05, 0.1) is 11.8 Å². The SMILES string of the molecule is C[C@@H]1C(O[Si](C)(C)C(C)(C)C)=C2C(=O)OC[C@@]23C=C[C@@H]1N3C(=O)OC(C)(C)C. The van der Waals surface area contributed by atoms with Crippen molar-refractivity contribution in [1.29, 1.82) is 0 Å². The molecule has 156 valence electrons. The van der Waals surface area contributed by atoms with Crippen LogP contribution in [0.5, 0.6) is 0 Å². The summed E-state index contributed by atoms with van der Waals surface area (Å²) in [5, 5.41) is -0.00920. The van der Waals surface area contributed by atoms with E-state index >= 15 is 0 Å². The lowest BCUT2D eigenvalue weighted by Gasteiger charge is -2.47. The normalized spacial score (nSPS) is 29.8. The summed E-state index contributed by atoms with van der Waals surface area (Å²) in [6.45, 7) is 18.4. The first-order chi connectivity index (χ1) is 12.6. The van der Waals surface area contributed by atoms with Gasteiger partial charge in [-0.25, -0.2) is 9.59 Å². The van der Waals surface area contributed by atoms with Crippen LogP contribution in [-0.2, 0) is 18.7 Å². The molecule has 28 heavy (non-hydrogen) atoms. The maximum Gasteiger partial charge on any atom is 0.411 e. The van der Waals surface area contributed by atoms with E-state index in [1.54, 1.807) is 4.90 Å². The third-order valence-electron chi connectivity index (χ3n) is 6.29. The minimum Gasteiger partial charge on any atom is -0.546 e. The number of cyclic esters (lactones) is 1. The van der Waals surface area contributed by atoms with Gasteiger partial charge in [0.25, 0.3) is 0 Å². The van der Waals surface area contributed by atoms with E-state index in [4.69, 9.17) is 13.9 Å². The number of fused-ring (bicyclic) bond motifs is 1. The Morgan fingerprint density at radius 1 is 1.25 bits per heavy atom. The predicted octanol–water partition coefficient (Wildman–Crippen LogP) is 4.38. The number of hydrogen-bond donors (Lipinski definition) is 0. The van der Waals surface area contributed by atoms with Crippen molar-refractivity contribution in [1.82, 2.24) is 4.90 Å². The molecule has 0 unspecified atom stereocenters. The van der Waals surface area contributed by atoms with Gasteiger partial charge >= 0.3 is 12.1 Å². The minimum atomic E-state index is -2.17. The van der Waals surface area contributed by atoms with Gasteiger partial charge in [-0.15, -0.1) is 0 Å². The van der Waals surface area contributed by atoms with Crippen LogP contribution in [0.1, 0.15) is 48.5 Å². The highest BCUT2D eigenvalue weighted by molar-refractivity contribution is 6.74. The topological polar surface area (TPSA) is 65.1 Å². The third-order valence-corrected chi connectivity index (χ3v) is 10.6. The number of carbonyl (C=O) groups is 2. The molecule has 1 amide bonds. The average Bonchev–Trinajstić information content (AvgIpc) is 3.00. The second-order valence-electron chi connectivity index (χ2n) is 10.6. The molecule has 0 saturated carbocycles. The molecular formula is C21H33NO5Si. The Bertz CT molecular complexity index is 771. The number of hydrogen-bond acceptors (Lipinski definition) is 5. The second-order valence-corrected chi connectivity index (χ2v) is 15.3. The molecular weight excluding hydrogens is 374 g/mol. The van der Waals surface area contributed by atoms with Gasteiger partial charge in [-0.2, -0.15) is 0 Å². The van der Waals surface area contributed by atoms with E-state index in [2.05, 4.69) is 33.9 Å². The van der Waals surface area contributed by atoms with Gasteiger partial charge in [-0.1, -0.05) is 39.8 Å². The number of ether oxygens (including phenoxy) is 2. The molecule has 1 fully saturated rings. The largest absolute Gasteiger partial charge is 0.546 e. The maximum atomic E-state index is 13.1. The molecule has 0 aromatic heterocycles.